The molecule has 17 heavy (non-hydrogen) atoms. The van der Waals surface area contributed by atoms with Crippen LogP contribution in [0.3, 0.4) is 0 Å². The number of ketones is 1. The van der Waals surface area contributed by atoms with E-state index in [0.717, 1.165) is 38.5 Å². The first-order chi connectivity index (χ1) is 8.05. The van der Waals surface area contributed by atoms with E-state index in [4.69, 9.17) is 0 Å². The van der Waals surface area contributed by atoms with Gasteiger partial charge in [-0.05, 0) is 19.3 Å². The van der Waals surface area contributed by atoms with Crippen LogP contribution in [0.5, 0.6) is 0 Å². The van der Waals surface area contributed by atoms with E-state index in [2.05, 4.69) is 0 Å². The lowest BCUT2D eigenvalue weighted by Crippen LogP contribution is -2.26. The molecular formula is C13H24O3S. The fourth-order valence-electron chi connectivity index (χ4n) is 2.40. The minimum Gasteiger partial charge on any atom is -0.298 e. The van der Waals surface area contributed by atoms with Crippen LogP contribution in [0.4, 0.5) is 0 Å². The number of carbonyl (C=O) groups excluding carboxylic acids is 1. The highest BCUT2D eigenvalue weighted by molar-refractivity contribution is 7.92. The van der Waals surface area contributed by atoms with Gasteiger partial charge >= 0.3 is 0 Å². The summed E-state index contributed by atoms with van der Waals surface area (Å²) >= 11 is 0. The van der Waals surface area contributed by atoms with E-state index in [9.17, 15) is 13.2 Å². The molecule has 0 bridgehead atoms. The lowest BCUT2D eigenvalue weighted by molar-refractivity contribution is -0.121. The van der Waals surface area contributed by atoms with Crippen molar-refractivity contribution in [1.29, 1.82) is 0 Å². The number of carbonyl (C=O) groups is 1. The highest BCUT2D eigenvalue weighted by Gasteiger charge is 2.25. The summed E-state index contributed by atoms with van der Waals surface area (Å²) in [6.07, 6.45) is 7.75. The van der Waals surface area contributed by atoms with Gasteiger partial charge in [-0.25, -0.2) is 8.42 Å². The van der Waals surface area contributed by atoms with E-state index in [1.807, 2.05) is 6.92 Å². The molecule has 0 aliphatic heterocycles. The number of sulfone groups is 1. The number of rotatable bonds is 7. The standard InChI is InChI=1S/C13H24O3S/c1-2-3-7-10-17(15,16)11-13(14)12-8-5-4-6-9-12/h12H,2-11H2,1H3. The second-order valence-corrected chi connectivity index (χ2v) is 7.28. The maximum absolute atomic E-state index is 11.9. The van der Waals surface area contributed by atoms with Crippen molar-refractivity contribution in [2.75, 3.05) is 11.5 Å². The van der Waals surface area contributed by atoms with Crippen LogP contribution in [0, 0.1) is 5.92 Å². The van der Waals surface area contributed by atoms with E-state index < -0.39 is 9.84 Å². The molecule has 1 aliphatic rings. The molecule has 1 aliphatic carbocycles. The molecular weight excluding hydrogens is 236 g/mol. The van der Waals surface area contributed by atoms with E-state index in [1.165, 1.54) is 6.42 Å². The molecule has 0 aromatic heterocycles. The number of Topliss-reactive ketones (excluding diaryl/α,β-unsaturated/α-hetero) is 1. The van der Waals surface area contributed by atoms with Gasteiger partial charge in [-0.3, -0.25) is 4.79 Å². The molecule has 0 aromatic carbocycles. The molecule has 0 atom stereocenters. The van der Waals surface area contributed by atoms with Crippen LogP contribution in [0.25, 0.3) is 0 Å². The van der Waals surface area contributed by atoms with Gasteiger partial charge in [0, 0.05) is 5.92 Å². The Balaban J connectivity index is 2.37. The van der Waals surface area contributed by atoms with Crippen molar-refractivity contribution in [3.05, 3.63) is 0 Å². The maximum Gasteiger partial charge on any atom is 0.157 e. The van der Waals surface area contributed by atoms with E-state index in [0.29, 0.717) is 6.42 Å². The lowest BCUT2D eigenvalue weighted by atomic mass is 9.87. The molecule has 0 saturated heterocycles. The topological polar surface area (TPSA) is 51.2 Å². The Morgan fingerprint density at radius 3 is 2.35 bits per heavy atom. The Kier molecular flexibility index (Phi) is 6.17. The molecule has 0 N–H and O–H groups in total. The molecule has 1 rings (SSSR count). The molecule has 1 saturated carbocycles. The first-order valence-electron chi connectivity index (χ1n) is 6.78. The predicted molar refractivity (Wildman–Crippen MR) is 69.8 cm³/mol. The number of hydrogen-bond acceptors (Lipinski definition) is 3. The summed E-state index contributed by atoms with van der Waals surface area (Å²) in [4.78, 5) is 11.9. The largest absolute Gasteiger partial charge is 0.298 e. The summed E-state index contributed by atoms with van der Waals surface area (Å²) in [6.45, 7) is 2.04. The summed E-state index contributed by atoms with van der Waals surface area (Å²) in [6, 6.07) is 0. The molecule has 0 radical (unpaired) electrons. The van der Waals surface area contributed by atoms with Crippen LogP contribution in [0.1, 0.15) is 58.3 Å². The maximum atomic E-state index is 11.9. The quantitative estimate of drug-likeness (QED) is 0.661. The van der Waals surface area contributed by atoms with Gasteiger partial charge in [-0.15, -0.1) is 0 Å². The summed E-state index contributed by atoms with van der Waals surface area (Å²) < 4.78 is 23.5. The Bertz CT molecular complexity index is 327. The van der Waals surface area contributed by atoms with Gasteiger partial charge in [0.1, 0.15) is 5.75 Å². The summed E-state index contributed by atoms with van der Waals surface area (Å²) in [5.74, 6) is -0.0633. The molecule has 1 fully saturated rings. The van der Waals surface area contributed by atoms with Gasteiger partial charge in [0.15, 0.2) is 15.6 Å². The first kappa shape index (κ1) is 14.7. The van der Waals surface area contributed by atoms with Crippen molar-refractivity contribution in [2.45, 2.75) is 58.3 Å². The smallest absolute Gasteiger partial charge is 0.157 e. The normalized spacial score (nSPS) is 18.2. The van der Waals surface area contributed by atoms with Crippen LogP contribution in [0.15, 0.2) is 0 Å². The van der Waals surface area contributed by atoms with Crippen molar-refractivity contribution in [2.24, 2.45) is 5.92 Å². The van der Waals surface area contributed by atoms with Gasteiger partial charge < -0.3 is 0 Å². The first-order valence-corrected chi connectivity index (χ1v) is 8.60. The third kappa shape index (κ3) is 5.66. The molecule has 100 valence electrons. The molecule has 3 nitrogen and oxygen atoms in total. The molecule has 0 aromatic rings. The van der Waals surface area contributed by atoms with Crippen molar-refractivity contribution >= 4 is 15.6 Å². The zero-order valence-corrected chi connectivity index (χ0v) is 11.6. The third-order valence-electron chi connectivity index (χ3n) is 3.48. The van der Waals surface area contributed by atoms with Crippen molar-refractivity contribution < 1.29 is 13.2 Å². The van der Waals surface area contributed by atoms with Crippen LogP contribution in [0.2, 0.25) is 0 Å². The van der Waals surface area contributed by atoms with Gasteiger partial charge in [-0.1, -0.05) is 39.0 Å². The average molecular weight is 260 g/mol. The second-order valence-electron chi connectivity index (χ2n) is 5.10. The van der Waals surface area contributed by atoms with Crippen molar-refractivity contribution in [3.8, 4) is 0 Å². The van der Waals surface area contributed by atoms with Gasteiger partial charge in [0.2, 0.25) is 0 Å². The van der Waals surface area contributed by atoms with Crippen molar-refractivity contribution in [1.82, 2.24) is 0 Å². The predicted octanol–water partition coefficient (Wildman–Crippen LogP) is 2.74. The number of unbranched alkanes of at least 4 members (excludes halogenated alkanes) is 2. The Hall–Kier alpha value is -0.380. The molecule has 0 unspecified atom stereocenters. The minimum absolute atomic E-state index is 0.0182. The lowest BCUT2D eigenvalue weighted by Gasteiger charge is -2.20. The van der Waals surface area contributed by atoms with Crippen molar-refractivity contribution in [3.63, 3.8) is 0 Å². The van der Waals surface area contributed by atoms with Gasteiger partial charge in [0.05, 0.1) is 5.75 Å². The van der Waals surface area contributed by atoms with Crippen LogP contribution in [-0.4, -0.2) is 25.7 Å². The van der Waals surface area contributed by atoms with E-state index in [1.54, 1.807) is 0 Å². The molecule has 0 spiro atoms. The van der Waals surface area contributed by atoms with Crippen LogP contribution < -0.4 is 0 Å². The third-order valence-corrected chi connectivity index (χ3v) is 5.12. The minimum atomic E-state index is -3.15. The highest BCUT2D eigenvalue weighted by atomic mass is 32.2. The summed E-state index contributed by atoms with van der Waals surface area (Å²) in [7, 11) is -3.15. The summed E-state index contributed by atoms with van der Waals surface area (Å²) in [5.41, 5.74) is 0. The molecule has 0 heterocycles. The zero-order valence-electron chi connectivity index (χ0n) is 10.8. The fraction of sp³-hybridized carbons (Fsp3) is 0.923. The zero-order chi connectivity index (χ0) is 12.7. The second kappa shape index (κ2) is 7.14. The number of hydrogen-bond donors (Lipinski definition) is 0. The van der Waals surface area contributed by atoms with Gasteiger partial charge in [0.25, 0.3) is 0 Å². The van der Waals surface area contributed by atoms with Gasteiger partial charge in [-0.2, -0.15) is 0 Å². The molecule has 4 heteroatoms. The monoisotopic (exact) mass is 260 g/mol. The summed E-state index contributed by atoms with van der Waals surface area (Å²) in [5, 5.41) is 0. The van der Waals surface area contributed by atoms with E-state index in [-0.39, 0.29) is 23.2 Å². The fourth-order valence-corrected chi connectivity index (χ4v) is 3.86. The highest BCUT2D eigenvalue weighted by Crippen LogP contribution is 2.24. The SMILES string of the molecule is CCCCCS(=O)(=O)CC(=O)C1CCCCC1. The Morgan fingerprint density at radius 2 is 1.76 bits per heavy atom. The van der Waals surface area contributed by atoms with Crippen LogP contribution in [-0.2, 0) is 14.6 Å². The van der Waals surface area contributed by atoms with E-state index >= 15 is 0 Å². The average Bonchev–Trinajstić information content (AvgIpc) is 2.30. The van der Waals surface area contributed by atoms with Crippen LogP contribution >= 0.6 is 0 Å². The molecule has 0 amide bonds. The Morgan fingerprint density at radius 1 is 1.12 bits per heavy atom. The Labute approximate surface area is 105 Å².